The summed E-state index contributed by atoms with van der Waals surface area (Å²) in [5.41, 5.74) is 2.25. The molecule has 1 aromatic rings. The van der Waals surface area contributed by atoms with Crippen LogP contribution in [0.3, 0.4) is 0 Å². The van der Waals surface area contributed by atoms with Crippen molar-refractivity contribution in [1.82, 2.24) is 24.9 Å². The number of rotatable bonds is 6. The highest BCUT2D eigenvalue weighted by Gasteiger charge is 2.31. The predicted molar refractivity (Wildman–Crippen MR) is 106 cm³/mol. The van der Waals surface area contributed by atoms with Crippen LogP contribution in [0.4, 0.5) is 0 Å². The lowest BCUT2D eigenvalue weighted by atomic mass is 10.0. The SMILES string of the molecule is CCC(C)NC(=O)CCC(=O)N1CCc2c(c(C(=O)N3CCOCC3)nn2C)C1. The first-order chi connectivity index (χ1) is 13.9. The van der Waals surface area contributed by atoms with Gasteiger partial charge in [0.2, 0.25) is 11.8 Å². The summed E-state index contributed by atoms with van der Waals surface area (Å²) < 4.78 is 7.08. The van der Waals surface area contributed by atoms with E-state index >= 15 is 0 Å². The van der Waals surface area contributed by atoms with Gasteiger partial charge in [0, 0.05) is 69.8 Å². The molecule has 160 valence electrons. The molecule has 29 heavy (non-hydrogen) atoms. The first-order valence-corrected chi connectivity index (χ1v) is 10.4. The van der Waals surface area contributed by atoms with Gasteiger partial charge < -0.3 is 19.9 Å². The van der Waals surface area contributed by atoms with Gasteiger partial charge in [-0.25, -0.2) is 0 Å². The van der Waals surface area contributed by atoms with Crippen molar-refractivity contribution in [3.05, 3.63) is 17.0 Å². The summed E-state index contributed by atoms with van der Waals surface area (Å²) in [7, 11) is 1.84. The highest BCUT2D eigenvalue weighted by Crippen LogP contribution is 2.24. The fourth-order valence-corrected chi connectivity index (χ4v) is 3.72. The van der Waals surface area contributed by atoms with Gasteiger partial charge in [-0.2, -0.15) is 5.10 Å². The molecule has 1 atom stereocenters. The van der Waals surface area contributed by atoms with Crippen molar-refractivity contribution in [2.24, 2.45) is 7.05 Å². The van der Waals surface area contributed by atoms with Crippen LogP contribution in [-0.4, -0.2) is 76.2 Å². The monoisotopic (exact) mass is 405 g/mol. The lowest BCUT2D eigenvalue weighted by molar-refractivity contribution is -0.134. The van der Waals surface area contributed by atoms with Crippen molar-refractivity contribution in [1.29, 1.82) is 0 Å². The molecule has 0 aliphatic carbocycles. The molecule has 1 N–H and O–H groups in total. The van der Waals surface area contributed by atoms with Gasteiger partial charge in [-0.05, 0) is 13.3 Å². The first kappa shape index (κ1) is 21.3. The Labute approximate surface area is 171 Å². The first-order valence-electron chi connectivity index (χ1n) is 10.4. The van der Waals surface area contributed by atoms with Crippen molar-refractivity contribution < 1.29 is 19.1 Å². The zero-order valence-electron chi connectivity index (χ0n) is 17.6. The van der Waals surface area contributed by atoms with Crippen LogP contribution in [0.5, 0.6) is 0 Å². The van der Waals surface area contributed by atoms with Gasteiger partial charge in [-0.1, -0.05) is 6.92 Å². The van der Waals surface area contributed by atoms with Crippen molar-refractivity contribution in [3.8, 4) is 0 Å². The van der Waals surface area contributed by atoms with E-state index in [4.69, 9.17) is 4.74 Å². The molecule has 2 aliphatic rings. The van der Waals surface area contributed by atoms with Gasteiger partial charge in [0.1, 0.15) is 0 Å². The number of ether oxygens (including phenoxy) is 1. The minimum atomic E-state index is -0.104. The number of carbonyl (C=O) groups excluding carboxylic acids is 3. The van der Waals surface area contributed by atoms with Crippen LogP contribution in [0.15, 0.2) is 0 Å². The number of fused-ring (bicyclic) bond motifs is 1. The van der Waals surface area contributed by atoms with Crippen LogP contribution in [0, 0.1) is 0 Å². The van der Waals surface area contributed by atoms with Crippen molar-refractivity contribution >= 4 is 17.7 Å². The van der Waals surface area contributed by atoms with Crippen molar-refractivity contribution in [2.75, 3.05) is 32.8 Å². The number of nitrogens with one attached hydrogen (secondary N) is 1. The normalized spacial score (nSPS) is 17.6. The van der Waals surface area contributed by atoms with Gasteiger partial charge in [-0.15, -0.1) is 0 Å². The third-order valence-electron chi connectivity index (χ3n) is 5.68. The maximum absolute atomic E-state index is 12.9. The van der Waals surface area contributed by atoms with Crippen LogP contribution in [0.1, 0.15) is 54.9 Å². The van der Waals surface area contributed by atoms with Crippen LogP contribution in [0.25, 0.3) is 0 Å². The highest BCUT2D eigenvalue weighted by atomic mass is 16.5. The van der Waals surface area contributed by atoms with Gasteiger partial charge in [0.25, 0.3) is 5.91 Å². The fourth-order valence-electron chi connectivity index (χ4n) is 3.72. The average Bonchev–Trinajstić information content (AvgIpc) is 3.07. The summed E-state index contributed by atoms with van der Waals surface area (Å²) in [5.74, 6) is -0.272. The number of morpholine rings is 1. The zero-order chi connectivity index (χ0) is 21.0. The lowest BCUT2D eigenvalue weighted by Crippen LogP contribution is -2.42. The number of hydrogen-bond donors (Lipinski definition) is 1. The minimum absolute atomic E-state index is 0.0661. The summed E-state index contributed by atoms with van der Waals surface area (Å²) >= 11 is 0. The number of hydrogen-bond acceptors (Lipinski definition) is 5. The Kier molecular flexibility index (Phi) is 6.89. The summed E-state index contributed by atoms with van der Waals surface area (Å²) in [5, 5.41) is 7.34. The number of carbonyl (C=O) groups is 3. The molecule has 0 bridgehead atoms. The molecule has 3 heterocycles. The van der Waals surface area contributed by atoms with Gasteiger partial charge in [0.05, 0.1) is 13.2 Å². The second kappa shape index (κ2) is 9.39. The second-order valence-corrected chi connectivity index (χ2v) is 7.74. The number of aromatic nitrogens is 2. The Hall–Kier alpha value is -2.42. The highest BCUT2D eigenvalue weighted by molar-refractivity contribution is 5.94. The smallest absolute Gasteiger partial charge is 0.274 e. The number of aryl methyl sites for hydroxylation is 1. The molecular weight excluding hydrogens is 374 g/mol. The van der Waals surface area contributed by atoms with E-state index in [0.29, 0.717) is 51.5 Å². The van der Waals surface area contributed by atoms with E-state index in [1.54, 1.807) is 14.5 Å². The predicted octanol–water partition coefficient (Wildman–Crippen LogP) is 0.472. The van der Waals surface area contributed by atoms with Crippen LogP contribution >= 0.6 is 0 Å². The summed E-state index contributed by atoms with van der Waals surface area (Å²) in [4.78, 5) is 41.1. The molecule has 2 aliphatic heterocycles. The summed E-state index contributed by atoms with van der Waals surface area (Å²) in [6.45, 7) is 7.06. The van der Waals surface area contributed by atoms with E-state index in [9.17, 15) is 14.4 Å². The number of nitrogens with zero attached hydrogens (tertiary/aromatic N) is 4. The maximum Gasteiger partial charge on any atom is 0.274 e. The third kappa shape index (κ3) is 4.95. The topological polar surface area (TPSA) is 96.8 Å². The minimum Gasteiger partial charge on any atom is -0.378 e. The molecule has 0 saturated carbocycles. The molecule has 9 heteroatoms. The Morgan fingerprint density at radius 1 is 1.14 bits per heavy atom. The molecule has 1 saturated heterocycles. The van der Waals surface area contributed by atoms with E-state index in [1.807, 2.05) is 20.9 Å². The summed E-state index contributed by atoms with van der Waals surface area (Å²) in [6, 6.07) is 0.110. The zero-order valence-corrected chi connectivity index (χ0v) is 17.6. The van der Waals surface area contributed by atoms with Crippen molar-refractivity contribution in [3.63, 3.8) is 0 Å². The van der Waals surface area contributed by atoms with E-state index < -0.39 is 0 Å². The van der Waals surface area contributed by atoms with E-state index in [0.717, 1.165) is 17.7 Å². The standard InChI is InChI=1S/C20H31N5O4/c1-4-14(2)21-17(26)5-6-18(27)25-8-7-16-15(13-25)19(22-23(16)3)20(28)24-9-11-29-12-10-24/h14H,4-13H2,1-3H3,(H,21,26). The molecule has 0 radical (unpaired) electrons. The van der Waals surface area contributed by atoms with Crippen LogP contribution in [0.2, 0.25) is 0 Å². The lowest BCUT2D eigenvalue weighted by Gasteiger charge is -2.29. The van der Waals surface area contributed by atoms with Crippen LogP contribution < -0.4 is 5.32 Å². The molecular formula is C20H31N5O4. The van der Waals surface area contributed by atoms with Crippen LogP contribution in [-0.2, 0) is 34.3 Å². The maximum atomic E-state index is 12.9. The number of amides is 3. The van der Waals surface area contributed by atoms with E-state index in [-0.39, 0.29) is 36.6 Å². The molecule has 3 rings (SSSR count). The van der Waals surface area contributed by atoms with E-state index in [2.05, 4.69) is 10.4 Å². The molecule has 1 aromatic heterocycles. The van der Waals surface area contributed by atoms with Gasteiger partial charge in [0.15, 0.2) is 5.69 Å². The molecule has 9 nitrogen and oxygen atoms in total. The summed E-state index contributed by atoms with van der Waals surface area (Å²) in [6.07, 6.45) is 1.86. The quantitative estimate of drug-likeness (QED) is 0.742. The Balaban J connectivity index is 1.64. The Morgan fingerprint density at radius 3 is 2.55 bits per heavy atom. The molecule has 1 unspecified atom stereocenters. The Bertz CT molecular complexity index is 769. The molecule has 0 aromatic carbocycles. The molecule has 3 amide bonds. The van der Waals surface area contributed by atoms with E-state index in [1.165, 1.54) is 0 Å². The van der Waals surface area contributed by atoms with Gasteiger partial charge >= 0.3 is 0 Å². The largest absolute Gasteiger partial charge is 0.378 e. The molecule has 1 fully saturated rings. The van der Waals surface area contributed by atoms with Gasteiger partial charge in [-0.3, -0.25) is 19.1 Å². The van der Waals surface area contributed by atoms with Crippen molar-refractivity contribution in [2.45, 2.75) is 52.1 Å². The Morgan fingerprint density at radius 2 is 1.86 bits per heavy atom. The third-order valence-corrected chi connectivity index (χ3v) is 5.68. The second-order valence-electron chi connectivity index (χ2n) is 7.74. The fraction of sp³-hybridized carbons (Fsp3) is 0.700. The average molecular weight is 405 g/mol. The molecule has 0 spiro atoms.